The summed E-state index contributed by atoms with van der Waals surface area (Å²) in [5.74, 6) is -2.02. The van der Waals surface area contributed by atoms with Crippen LogP contribution in [-0.2, 0) is 21.1 Å². The second-order valence-electron chi connectivity index (χ2n) is 7.79. The van der Waals surface area contributed by atoms with Gasteiger partial charge in [-0.05, 0) is 24.1 Å². The van der Waals surface area contributed by atoms with Gasteiger partial charge in [-0.15, -0.1) is 0 Å². The summed E-state index contributed by atoms with van der Waals surface area (Å²) in [7, 11) is -3.70. The zero-order chi connectivity index (χ0) is 26.8. The van der Waals surface area contributed by atoms with Crippen molar-refractivity contribution in [2.24, 2.45) is 5.73 Å². The number of anilines is 1. The molecular weight excluding hydrogens is 525 g/mol. The van der Waals surface area contributed by atoms with Crippen molar-refractivity contribution >= 4 is 33.4 Å². The number of aliphatic carboxylic acids is 1. The third-order valence-corrected chi connectivity index (χ3v) is 6.40. The summed E-state index contributed by atoms with van der Waals surface area (Å²) in [6.45, 7) is 0. The van der Waals surface area contributed by atoms with E-state index in [-0.39, 0.29) is 23.0 Å². The van der Waals surface area contributed by atoms with Gasteiger partial charge in [0.15, 0.2) is 9.84 Å². The number of alkyl halides is 3. The summed E-state index contributed by atoms with van der Waals surface area (Å²) < 4.78 is 70.2. The first kappa shape index (κ1) is 27.2. The molecule has 0 amide bonds. The molecule has 0 saturated carbocycles. The van der Waals surface area contributed by atoms with Crippen molar-refractivity contribution in [3.05, 3.63) is 64.7 Å². The van der Waals surface area contributed by atoms with Crippen LogP contribution in [0.25, 0.3) is 11.3 Å². The second-order valence-corrected chi connectivity index (χ2v) is 10.2. The van der Waals surface area contributed by atoms with E-state index < -0.39 is 50.6 Å². The van der Waals surface area contributed by atoms with Gasteiger partial charge in [0.1, 0.15) is 6.04 Å². The molecule has 2 atom stereocenters. The molecule has 9 nitrogen and oxygen atoms in total. The minimum absolute atomic E-state index is 0.0715. The fourth-order valence-corrected chi connectivity index (χ4v) is 4.17. The standard InChI is InChI=1S/C22H20ClF3N4O5S/c1-36(33,34)13-6-7-14(15(23)9-13)19(22(24,25)26)35-18-10-17(29-21(28)30-18)12-4-2-11(3-5-12)8-16(27)20(31)32/h2-7,9-10,16,19H,8,27H2,1H3,(H,31,32)(H2,28,29,30). The van der Waals surface area contributed by atoms with Crippen LogP contribution in [0.2, 0.25) is 5.02 Å². The van der Waals surface area contributed by atoms with Crippen LogP contribution in [0, 0.1) is 0 Å². The summed E-state index contributed by atoms with van der Waals surface area (Å²) in [5, 5.41) is 8.47. The molecule has 1 heterocycles. The van der Waals surface area contributed by atoms with Gasteiger partial charge in [0, 0.05) is 28.5 Å². The zero-order valence-corrected chi connectivity index (χ0v) is 20.1. The fourth-order valence-electron chi connectivity index (χ4n) is 3.18. The van der Waals surface area contributed by atoms with Crippen molar-refractivity contribution in [1.82, 2.24) is 9.97 Å². The fraction of sp³-hybridized carbons (Fsp3) is 0.227. The number of nitrogen functional groups attached to an aromatic ring is 1. The molecule has 14 heteroatoms. The molecule has 0 aliphatic rings. The second kappa shape index (κ2) is 10.3. The van der Waals surface area contributed by atoms with E-state index in [0.29, 0.717) is 11.1 Å². The van der Waals surface area contributed by atoms with Crippen molar-refractivity contribution in [1.29, 1.82) is 0 Å². The van der Waals surface area contributed by atoms with Gasteiger partial charge >= 0.3 is 12.1 Å². The maximum Gasteiger partial charge on any atom is 0.429 e. The van der Waals surface area contributed by atoms with Gasteiger partial charge in [-0.25, -0.2) is 13.4 Å². The first-order valence-electron chi connectivity index (χ1n) is 10.1. The Labute approximate surface area is 208 Å². The molecule has 3 aromatic rings. The number of sulfone groups is 1. The lowest BCUT2D eigenvalue weighted by molar-refractivity contribution is -0.198. The third-order valence-electron chi connectivity index (χ3n) is 4.96. The van der Waals surface area contributed by atoms with Crippen molar-refractivity contribution in [3.8, 4) is 17.1 Å². The van der Waals surface area contributed by atoms with Crippen LogP contribution < -0.4 is 16.2 Å². The van der Waals surface area contributed by atoms with E-state index in [1.807, 2.05) is 0 Å². The molecule has 0 radical (unpaired) electrons. The number of hydrogen-bond donors (Lipinski definition) is 3. The van der Waals surface area contributed by atoms with E-state index in [0.717, 1.165) is 30.5 Å². The lowest BCUT2D eigenvalue weighted by Crippen LogP contribution is -2.32. The number of ether oxygens (including phenoxy) is 1. The number of carbonyl (C=O) groups is 1. The van der Waals surface area contributed by atoms with Gasteiger partial charge in [0.2, 0.25) is 17.9 Å². The van der Waals surface area contributed by atoms with E-state index in [9.17, 15) is 26.4 Å². The Morgan fingerprint density at radius 3 is 2.31 bits per heavy atom. The molecular formula is C22H20ClF3N4O5S. The average molecular weight is 545 g/mol. The number of halogens is 4. The number of benzene rings is 2. The van der Waals surface area contributed by atoms with Crippen LogP contribution in [0.15, 0.2) is 53.4 Å². The van der Waals surface area contributed by atoms with Gasteiger partial charge in [-0.3, -0.25) is 4.79 Å². The van der Waals surface area contributed by atoms with E-state index >= 15 is 0 Å². The molecule has 2 unspecified atom stereocenters. The quantitative estimate of drug-likeness (QED) is 0.386. The largest absolute Gasteiger partial charge is 0.480 e. The van der Waals surface area contributed by atoms with Gasteiger partial charge in [-0.1, -0.05) is 41.9 Å². The van der Waals surface area contributed by atoms with Crippen LogP contribution in [0.5, 0.6) is 5.88 Å². The molecule has 0 spiro atoms. The molecule has 0 fully saturated rings. The highest BCUT2D eigenvalue weighted by molar-refractivity contribution is 7.90. The Morgan fingerprint density at radius 1 is 1.14 bits per heavy atom. The Kier molecular flexibility index (Phi) is 7.76. The lowest BCUT2D eigenvalue weighted by Gasteiger charge is -2.23. The number of carboxylic acid groups (broad SMARTS) is 1. The van der Waals surface area contributed by atoms with Gasteiger partial charge in [0.05, 0.1) is 10.6 Å². The summed E-state index contributed by atoms with van der Waals surface area (Å²) in [6, 6.07) is 9.20. The van der Waals surface area contributed by atoms with Gasteiger partial charge in [-0.2, -0.15) is 18.2 Å². The van der Waals surface area contributed by atoms with Gasteiger partial charge < -0.3 is 21.3 Å². The maximum atomic E-state index is 13.9. The summed E-state index contributed by atoms with van der Waals surface area (Å²) >= 11 is 5.98. The van der Waals surface area contributed by atoms with E-state index in [4.69, 9.17) is 32.9 Å². The molecule has 192 valence electrons. The highest BCUT2D eigenvalue weighted by Crippen LogP contribution is 2.40. The third kappa shape index (κ3) is 6.62. The maximum absolute atomic E-state index is 13.9. The number of nitrogens with two attached hydrogens (primary N) is 2. The Hall–Kier alpha value is -3.42. The summed E-state index contributed by atoms with van der Waals surface area (Å²) in [4.78, 5) is 18.4. The smallest absolute Gasteiger partial charge is 0.429 e. The number of nitrogens with zero attached hydrogens (tertiary/aromatic N) is 2. The van der Waals surface area contributed by atoms with Crippen LogP contribution in [0.3, 0.4) is 0 Å². The highest BCUT2D eigenvalue weighted by atomic mass is 35.5. The molecule has 5 N–H and O–H groups in total. The molecule has 1 aromatic heterocycles. The van der Waals surface area contributed by atoms with Crippen molar-refractivity contribution in [2.75, 3.05) is 12.0 Å². The molecule has 0 saturated heterocycles. The first-order chi connectivity index (χ1) is 16.6. The molecule has 3 rings (SSSR count). The topological polar surface area (TPSA) is 158 Å². The van der Waals surface area contributed by atoms with Crippen molar-refractivity contribution < 1.29 is 36.2 Å². The summed E-state index contributed by atoms with van der Waals surface area (Å²) in [5.41, 5.74) is 11.9. The predicted octanol–water partition coefficient (Wildman–Crippen LogP) is 3.42. The monoisotopic (exact) mass is 544 g/mol. The van der Waals surface area contributed by atoms with Gasteiger partial charge in [0.25, 0.3) is 0 Å². The number of carboxylic acids is 1. The molecule has 36 heavy (non-hydrogen) atoms. The average Bonchev–Trinajstić information content (AvgIpc) is 2.76. The number of aromatic nitrogens is 2. The van der Waals surface area contributed by atoms with Crippen LogP contribution in [0.4, 0.5) is 19.1 Å². The normalized spacial score (nSPS) is 13.7. The van der Waals surface area contributed by atoms with Crippen LogP contribution >= 0.6 is 11.6 Å². The molecule has 2 aromatic carbocycles. The first-order valence-corrected chi connectivity index (χ1v) is 12.4. The van der Waals surface area contributed by atoms with Crippen LogP contribution in [0.1, 0.15) is 17.2 Å². The van der Waals surface area contributed by atoms with E-state index in [1.54, 1.807) is 24.3 Å². The van der Waals surface area contributed by atoms with Crippen LogP contribution in [-0.4, -0.2) is 47.9 Å². The summed E-state index contributed by atoms with van der Waals surface area (Å²) in [6.07, 6.45) is -6.56. The van der Waals surface area contributed by atoms with E-state index in [1.165, 1.54) is 0 Å². The van der Waals surface area contributed by atoms with E-state index in [2.05, 4.69) is 9.97 Å². The number of hydrogen-bond acceptors (Lipinski definition) is 8. The predicted molar refractivity (Wildman–Crippen MR) is 125 cm³/mol. The highest BCUT2D eigenvalue weighted by Gasteiger charge is 2.44. The molecule has 0 bridgehead atoms. The lowest BCUT2D eigenvalue weighted by atomic mass is 10.0. The Morgan fingerprint density at radius 2 is 1.78 bits per heavy atom. The molecule has 0 aliphatic heterocycles. The Bertz CT molecular complexity index is 1390. The van der Waals surface area contributed by atoms with Crippen molar-refractivity contribution in [3.63, 3.8) is 0 Å². The Balaban J connectivity index is 1.94. The minimum Gasteiger partial charge on any atom is -0.480 e. The minimum atomic E-state index is -4.94. The zero-order valence-electron chi connectivity index (χ0n) is 18.5. The SMILES string of the molecule is CS(=O)(=O)c1ccc(C(Oc2cc(-c3ccc(CC(N)C(=O)O)cc3)nc(N)n2)C(F)(F)F)c(Cl)c1. The van der Waals surface area contributed by atoms with Crippen molar-refractivity contribution in [2.45, 2.75) is 29.6 Å². The molecule has 0 aliphatic carbocycles. The number of rotatable bonds is 8.